The van der Waals surface area contributed by atoms with Crippen LogP contribution in [0.2, 0.25) is 0 Å². The number of amides is 2. The maximum atomic E-state index is 13.5. The van der Waals surface area contributed by atoms with E-state index in [2.05, 4.69) is 4.90 Å². The second-order valence-electron chi connectivity index (χ2n) is 8.85. The van der Waals surface area contributed by atoms with E-state index in [1.54, 1.807) is 19.1 Å². The van der Waals surface area contributed by atoms with Crippen LogP contribution in [0.15, 0.2) is 0 Å². The molecule has 28 heavy (non-hydrogen) atoms. The second kappa shape index (κ2) is 9.89. The molecular formula is C20H37N3O5. The van der Waals surface area contributed by atoms with Crippen molar-refractivity contribution >= 4 is 12.0 Å². The molecule has 0 spiro atoms. The van der Waals surface area contributed by atoms with Gasteiger partial charge in [0.2, 0.25) is 5.91 Å². The largest absolute Gasteiger partial charge is 0.444 e. The first kappa shape index (κ1) is 22.9. The van der Waals surface area contributed by atoms with Crippen molar-refractivity contribution in [2.75, 3.05) is 73.2 Å². The van der Waals surface area contributed by atoms with E-state index in [0.717, 1.165) is 32.6 Å². The summed E-state index contributed by atoms with van der Waals surface area (Å²) in [5, 5.41) is 0. The normalized spacial score (nSPS) is 24.3. The topological polar surface area (TPSA) is 71.6 Å². The molecule has 0 aliphatic carbocycles. The van der Waals surface area contributed by atoms with Crippen LogP contribution in [0.5, 0.6) is 0 Å². The zero-order valence-electron chi connectivity index (χ0n) is 18.2. The monoisotopic (exact) mass is 399 g/mol. The van der Waals surface area contributed by atoms with E-state index < -0.39 is 11.0 Å². The van der Waals surface area contributed by atoms with Crippen molar-refractivity contribution in [1.82, 2.24) is 14.7 Å². The van der Waals surface area contributed by atoms with Gasteiger partial charge in [-0.2, -0.15) is 0 Å². The van der Waals surface area contributed by atoms with Crippen LogP contribution in [0, 0.1) is 5.41 Å². The summed E-state index contributed by atoms with van der Waals surface area (Å²) in [6.07, 6.45) is 1.18. The maximum absolute atomic E-state index is 13.5. The summed E-state index contributed by atoms with van der Waals surface area (Å²) in [4.78, 5) is 31.9. The van der Waals surface area contributed by atoms with Gasteiger partial charge in [0.15, 0.2) is 0 Å². The Bertz CT molecular complexity index is 536. The van der Waals surface area contributed by atoms with Gasteiger partial charge in [0.1, 0.15) is 5.60 Å². The van der Waals surface area contributed by atoms with Gasteiger partial charge in [-0.1, -0.05) is 0 Å². The number of likely N-dealkylation sites (tertiary alicyclic amines) is 1. The Labute approximate surface area is 169 Å². The lowest BCUT2D eigenvalue weighted by molar-refractivity contribution is -0.144. The lowest BCUT2D eigenvalue weighted by Gasteiger charge is -2.33. The van der Waals surface area contributed by atoms with Crippen LogP contribution < -0.4 is 0 Å². The molecule has 1 atom stereocenters. The smallest absolute Gasteiger partial charge is 0.410 e. The number of carbonyl (C=O) groups is 2. The molecule has 0 aromatic heterocycles. The predicted octanol–water partition coefficient (Wildman–Crippen LogP) is 1.44. The second-order valence-corrected chi connectivity index (χ2v) is 8.85. The Balaban J connectivity index is 2.02. The van der Waals surface area contributed by atoms with Gasteiger partial charge < -0.3 is 24.0 Å². The molecule has 0 radical (unpaired) electrons. The summed E-state index contributed by atoms with van der Waals surface area (Å²) in [5.74, 6) is 0.0917. The third-order valence-corrected chi connectivity index (χ3v) is 5.37. The Morgan fingerprint density at radius 3 is 2.36 bits per heavy atom. The Hall–Kier alpha value is -1.38. The molecule has 2 amide bonds. The van der Waals surface area contributed by atoms with Crippen molar-refractivity contribution in [2.45, 2.75) is 39.2 Å². The Morgan fingerprint density at radius 1 is 0.964 bits per heavy atom. The number of rotatable bonds is 6. The lowest BCUT2D eigenvalue weighted by Crippen LogP contribution is -2.50. The molecule has 2 aliphatic rings. The highest BCUT2D eigenvalue weighted by Crippen LogP contribution is 2.34. The SMILES string of the molecule is COCCN1CCCN(C(=O)[C@@]2(COC)CCN(C(=O)OC(C)(C)C)C2)CC1. The number of hydrogen-bond acceptors (Lipinski definition) is 6. The highest BCUT2D eigenvalue weighted by atomic mass is 16.6. The Morgan fingerprint density at radius 2 is 1.71 bits per heavy atom. The van der Waals surface area contributed by atoms with Crippen LogP contribution in [-0.4, -0.2) is 106 Å². The average molecular weight is 400 g/mol. The van der Waals surface area contributed by atoms with E-state index in [-0.39, 0.29) is 12.0 Å². The van der Waals surface area contributed by atoms with Crippen LogP contribution in [0.25, 0.3) is 0 Å². The molecule has 0 bridgehead atoms. The molecule has 8 nitrogen and oxygen atoms in total. The van der Waals surface area contributed by atoms with E-state index >= 15 is 0 Å². The third kappa shape index (κ3) is 6.06. The van der Waals surface area contributed by atoms with Gasteiger partial charge in [0.25, 0.3) is 0 Å². The van der Waals surface area contributed by atoms with Crippen molar-refractivity contribution in [2.24, 2.45) is 5.41 Å². The van der Waals surface area contributed by atoms with Crippen LogP contribution >= 0.6 is 0 Å². The van der Waals surface area contributed by atoms with E-state index in [9.17, 15) is 9.59 Å². The van der Waals surface area contributed by atoms with Crippen LogP contribution in [0.1, 0.15) is 33.6 Å². The first-order valence-electron chi connectivity index (χ1n) is 10.2. The first-order valence-corrected chi connectivity index (χ1v) is 10.2. The molecule has 162 valence electrons. The Kier molecular flexibility index (Phi) is 8.09. The van der Waals surface area contributed by atoms with Gasteiger partial charge in [-0.15, -0.1) is 0 Å². The molecule has 0 aromatic carbocycles. The predicted molar refractivity (Wildman–Crippen MR) is 106 cm³/mol. The summed E-state index contributed by atoms with van der Waals surface area (Å²) in [6.45, 7) is 11.5. The van der Waals surface area contributed by atoms with Gasteiger partial charge in [-0.05, 0) is 40.2 Å². The molecule has 8 heteroatoms. The molecular weight excluding hydrogens is 362 g/mol. The average Bonchev–Trinajstić information content (AvgIpc) is 2.91. The molecule has 0 N–H and O–H groups in total. The fraction of sp³-hybridized carbons (Fsp3) is 0.900. The first-order chi connectivity index (χ1) is 13.2. The van der Waals surface area contributed by atoms with E-state index in [1.165, 1.54) is 0 Å². The van der Waals surface area contributed by atoms with E-state index in [4.69, 9.17) is 14.2 Å². The molecule has 2 saturated heterocycles. The maximum Gasteiger partial charge on any atom is 0.410 e. The molecule has 0 unspecified atom stereocenters. The van der Waals surface area contributed by atoms with Gasteiger partial charge >= 0.3 is 6.09 Å². The molecule has 0 aromatic rings. The van der Waals surface area contributed by atoms with Crippen LogP contribution in [-0.2, 0) is 19.0 Å². The van der Waals surface area contributed by atoms with Gasteiger partial charge in [-0.25, -0.2) is 4.79 Å². The zero-order chi connectivity index (χ0) is 20.8. The molecule has 0 saturated carbocycles. The standard InChI is InChI=1S/C20H37N3O5/c1-19(2,3)28-18(25)23-10-7-20(15-23,16-27-5)17(24)22-9-6-8-21(11-12-22)13-14-26-4/h6-16H2,1-5H3/t20-/m0/s1. The quantitative estimate of drug-likeness (QED) is 0.673. The highest BCUT2D eigenvalue weighted by Gasteiger charge is 2.48. The molecule has 2 rings (SSSR count). The zero-order valence-corrected chi connectivity index (χ0v) is 18.2. The van der Waals surface area contributed by atoms with Crippen LogP contribution in [0.4, 0.5) is 4.79 Å². The summed E-state index contributed by atoms with van der Waals surface area (Å²) in [7, 11) is 3.32. The highest BCUT2D eigenvalue weighted by molar-refractivity contribution is 5.85. The summed E-state index contributed by atoms with van der Waals surface area (Å²) in [6, 6.07) is 0. The molecule has 2 heterocycles. The van der Waals surface area contributed by atoms with Crippen molar-refractivity contribution in [3.8, 4) is 0 Å². The number of methoxy groups -OCH3 is 2. The van der Waals surface area contributed by atoms with Crippen molar-refractivity contribution < 1.29 is 23.8 Å². The fourth-order valence-electron chi connectivity index (χ4n) is 3.94. The minimum absolute atomic E-state index is 0.0917. The van der Waals surface area contributed by atoms with Crippen molar-refractivity contribution in [3.63, 3.8) is 0 Å². The number of carbonyl (C=O) groups excluding carboxylic acids is 2. The van der Waals surface area contributed by atoms with E-state index in [0.29, 0.717) is 39.3 Å². The summed E-state index contributed by atoms with van der Waals surface area (Å²) in [5.41, 5.74) is -1.24. The summed E-state index contributed by atoms with van der Waals surface area (Å²) < 4.78 is 16.1. The van der Waals surface area contributed by atoms with Gasteiger partial charge in [0, 0.05) is 53.5 Å². The lowest BCUT2D eigenvalue weighted by atomic mass is 9.86. The third-order valence-electron chi connectivity index (χ3n) is 5.37. The minimum Gasteiger partial charge on any atom is -0.444 e. The van der Waals surface area contributed by atoms with Gasteiger partial charge in [0.05, 0.1) is 18.6 Å². The summed E-state index contributed by atoms with van der Waals surface area (Å²) >= 11 is 0. The fourth-order valence-corrected chi connectivity index (χ4v) is 3.94. The van der Waals surface area contributed by atoms with Crippen molar-refractivity contribution in [3.05, 3.63) is 0 Å². The number of nitrogens with zero attached hydrogens (tertiary/aromatic N) is 3. The number of hydrogen-bond donors (Lipinski definition) is 0. The minimum atomic E-state index is -0.687. The van der Waals surface area contributed by atoms with Gasteiger partial charge in [-0.3, -0.25) is 9.69 Å². The van der Waals surface area contributed by atoms with E-state index in [1.807, 2.05) is 25.7 Å². The van der Waals surface area contributed by atoms with Crippen molar-refractivity contribution in [1.29, 1.82) is 0 Å². The van der Waals surface area contributed by atoms with Crippen LogP contribution in [0.3, 0.4) is 0 Å². The molecule has 2 aliphatic heterocycles. The molecule has 2 fully saturated rings. The number of ether oxygens (including phenoxy) is 3.